The molecule has 5 atom stereocenters. The molecule has 0 heterocycles. The molecule has 1 aromatic carbocycles. The van der Waals surface area contributed by atoms with Crippen molar-refractivity contribution in [1.29, 1.82) is 0 Å². The maximum absolute atomic E-state index is 13.1. The summed E-state index contributed by atoms with van der Waals surface area (Å²) in [5, 5.41) is 19.4. The van der Waals surface area contributed by atoms with E-state index in [9.17, 15) is 19.5 Å². The second-order valence-electron chi connectivity index (χ2n) is 11.4. The lowest BCUT2D eigenvalue weighted by atomic mass is 9.83. The Morgan fingerprint density at radius 2 is 1.62 bits per heavy atom. The molecule has 0 spiro atoms. The molecular weight excluding hydrogens is 560 g/mol. The fourth-order valence-electron chi connectivity index (χ4n) is 4.65. The van der Waals surface area contributed by atoms with Gasteiger partial charge in [-0.05, 0) is 62.0 Å². The summed E-state index contributed by atoms with van der Waals surface area (Å²) in [4.78, 5) is 38.1. The molecule has 0 aliphatic heterocycles. The summed E-state index contributed by atoms with van der Waals surface area (Å²) in [7, 11) is 3.20. The Morgan fingerprint density at radius 1 is 0.976 bits per heavy atom. The molecule has 1 rings (SSSR count). The number of halogens is 1. The molecule has 0 fully saturated rings. The van der Waals surface area contributed by atoms with Crippen molar-refractivity contribution >= 4 is 30.1 Å². The van der Waals surface area contributed by atoms with Crippen LogP contribution in [-0.4, -0.2) is 74.9 Å². The van der Waals surface area contributed by atoms with Crippen LogP contribution in [0.5, 0.6) is 5.75 Å². The number of aliphatic hydroxyl groups is 1. The van der Waals surface area contributed by atoms with E-state index in [0.29, 0.717) is 43.9 Å². The minimum absolute atomic E-state index is 0. The number of nitrogens with two attached hydrogens (primary N) is 1. The third-order valence-electron chi connectivity index (χ3n) is 7.59. The highest BCUT2D eigenvalue weighted by molar-refractivity contribution is 5.96. The highest BCUT2D eigenvalue weighted by Crippen LogP contribution is 2.24. The zero-order valence-corrected chi connectivity index (χ0v) is 27.3. The molecule has 0 aliphatic carbocycles. The van der Waals surface area contributed by atoms with E-state index in [-0.39, 0.29) is 54.3 Å². The molecule has 11 heteroatoms. The summed E-state index contributed by atoms with van der Waals surface area (Å²) in [5.41, 5.74) is 6.92. The van der Waals surface area contributed by atoms with Gasteiger partial charge < -0.3 is 36.3 Å². The second-order valence-corrected chi connectivity index (χ2v) is 11.4. The number of carbonyl (C=O) groups is 3. The van der Waals surface area contributed by atoms with Gasteiger partial charge in [-0.25, -0.2) is 0 Å². The molecule has 6 N–H and O–H groups in total. The van der Waals surface area contributed by atoms with E-state index in [1.807, 2.05) is 26.8 Å². The minimum Gasteiger partial charge on any atom is -0.493 e. The zero-order chi connectivity index (χ0) is 30.9. The van der Waals surface area contributed by atoms with Crippen molar-refractivity contribution in [2.45, 2.75) is 84.9 Å². The Morgan fingerprint density at radius 3 is 2.19 bits per heavy atom. The van der Waals surface area contributed by atoms with Crippen LogP contribution in [0.3, 0.4) is 0 Å². The van der Waals surface area contributed by atoms with Crippen LogP contribution in [0.25, 0.3) is 0 Å². The molecule has 0 aliphatic rings. The first-order valence-corrected chi connectivity index (χ1v) is 14.9. The van der Waals surface area contributed by atoms with Gasteiger partial charge in [-0.2, -0.15) is 0 Å². The summed E-state index contributed by atoms with van der Waals surface area (Å²) in [6, 6.07) is 5.96. The van der Waals surface area contributed by atoms with Crippen molar-refractivity contribution < 1.29 is 29.0 Å². The van der Waals surface area contributed by atoms with Gasteiger partial charge in [-0.15, -0.1) is 12.4 Å². The van der Waals surface area contributed by atoms with Crippen LogP contribution in [0, 0.1) is 23.7 Å². The lowest BCUT2D eigenvalue weighted by molar-refractivity contribution is -0.132. The van der Waals surface area contributed by atoms with Gasteiger partial charge in [0.1, 0.15) is 11.8 Å². The number of nitrogens with one attached hydrogen (secondary N) is 3. The molecule has 5 unspecified atom stereocenters. The van der Waals surface area contributed by atoms with E-state index in [4.69, 9.17) is 15.2 Å². The van der Waals surface area contributed by atoms with Crippen LogP contribution in [0.1, 0.15) is 77.1 Å². The predicted molar refractivity (Wildman–Crippen MR) is 169 cm³/mol. The molecule has 10 nitrogen and oxygen atoms in total. The molecule has 3 amide bonds. The normalized spacial score (nSPS) is 14.7. The second kappa shape index (κ2) is 21.3. The number of methoxy groups -OCH3 is 1. The van der Waals surface area contributed by atoms with Crippen LogP contribution >= 0.6 is 12.4 Å². The van der Waals surface area contributed by atoms with E-state index < -0.39 is 24.1 Å². The standard InChI is InChI=1S/C31H54N4O6.ClH/c1-8-26(31(39)33-6)35-30(38)24(21(4)5)18-27(36)25(32)17-22(20(2)3)19-34-29(37)23-13-9-10-14-28(23)41-16-12-11-15-40-7;/h9-10,13-14,20-22,24-27,36H,8,11-12,15-19,32H2,1-7H3,(H,33,39)(H,34,37)(H,35,38);1H. The fraction of sp³-hybridized carbons (Fsp3) is 0.710. The number of carbonyl (C=O) groups excluding carboxylic acids is 3. The van der Waals surface area contributed by atoms with Gasteiger partial charge in [-0.3, -0.25) is 14.4 Å². The van der Waals surface area contributed by atoms with Gasteiger partial charge in [0, 0.05) is 39.3 Å². The number of para-hydroxylation sites is 1. The number of benzene rings is 1. The summed E-state index contributed by atoms with van der Waals surface area (Å²) in [6.07, 6.45) is 1.90. The average molecular weight is 615 g/mol. The molecule has 0 aromatic heterocycles. The number of unbranched alkanes of at least 4 members (excludes halogenated alkanes) is 1. The van der Waals surface area contributed by atoms with E-state index in [1.54, 1.807) is 25.3 Å². The maximum Gasteiger partial charge on any atom is 0.255 e. The van der Waals surface area contributed by atoms with Gasteiger partial charge >= 0.3 is 0 Å². The third kappa shape index (κ3) is 13.7. The average Bonchev–Trinajstić information content (AvgIpc) is 2.95. The van der Waals surface area contributed by atoms with Gasteiger partial charge in [-0.1, -0.05) is 46.8 Å². The number of likely N-dealkylation sites (N-methyl/N-ethyl adjacent to an activating group) is 1. The van der Waals surface area contributed by atoms with Gasteiger partial charge in [0.2, 0.25) is 11.8 Å². The Bertz CT molecular complexity index is 932. The summed E-state index contributed by atoms with van der Waals surface area (Å²) in [5.74, 6) is -0.560. The van der Waals surface area contributed by atoms with Crippen LogP contribution in [-0.2, 0) is 14.3 Å². The Kier molecular flexibility index (Phi) is 20.1. The van der Waals surface area contributed by atoms with Gasteiger partial charge in [0.25, 0.3) is 5.91 Å². The molecule has 0 radical (unpaired) electrons. The molecule has 1 aromatic rings. The van der Waals surface area contributed by atoms with Crippen LogP contribution < -0.4 is 26.4 Å². The highest BCUT2D eigenvalue weighted by Gasteiger charge is 2.31. The monoisotopic (exact) mass is 614 g/mol. The Hall–Kier alpha value is -2.40. The first-order valence-electron chi connectivity index (χ1n) is 14.9. The minimum atomic E-state index is -0.919. The van der Waals surface area contributed by atoms with Crippen LogP contribution in [0.4, 0.5) is 0 Å². The van der Waals surface area contributed by atoms with Gasteiger partial charge in [0.05, 0.1) is 18.3 Å². The molecular formula is C31H55ClN4O6. The van der Waals surface area contributed by atoms with Crippen LogP contribution in [0.15, 0.2) is 24.3 Å². The first-order chi connectivity index (χ1) is 19.5. The van der Waals surface area contributed by atoms with E-state index in [0.717, 1.165) is 12.8 Å². The van der Waals surface area contributed by atoms with Crippen molar-refractivity contribution in [2.75, 3.05) is 33.9 Å². The number of amides is 3. The van der Waals surface area contributed by atoms with E-state index >= 15 is 0 Å². The number of hydrogen-bond acceptors (Lipinski definition) is 7. The Labute approximate surface area is 258 Å². The molecule has 0 bridgehead atoms. The molecule has 0 saturated heterocycles. The summed E-state index contributed by atoms with van der Waals surface area (Å²) in [6.45, 7) is 11.3. The quantitative estimate of drug-likeness (QED) is 0.141. The number of ether oxygens (including phenoxy) is 2. The molecule has 42 heavy (non-hydrogen) atoms. The number of hydrogen-bond donors (Lipinski definition) is 5. The lowest BCUT2D eigenvalue weighted by Gasteiger charge is -2.30. The molecule has 0 saturated carbocycles. The first kappa shape index (κ1) is 39.6. The van der Waals surface area contributed by atoms with E-state index in [1.165, 1.54) is 7.05 Å². The topological polar surface area (TPSA) is 152 Å². The van der Waals surface area contributed by atoms with Crippen molar-refractivity contribution in [3.8, 4) is 5.75 Å². The van der Waals surface area contributed by atoms with Gasteiger partial charge in [0.15, 0.2) is 0 Å². The SMILES string of the molecule is CCC(NC(=O)C(CC(O)C(N)CC(CNC(=O)c1ccccc1OCCCCOC)C(C)C)C(C)C)C(=O)NC.Cl. The number of aliphatic hydroxyl groups excluding tert-OH is 1. The van der Waals surface area contributed by atoms with Crippen molar-refractivity contribution in [3.63, 3.8) is 0 Å². The summed E-state index contributed by atoms with van der Waals surface area (Å²) >= 11 is 0. The number of rotatable bonds is 20. The third-order valence-corrected chi connectivity index (χ3v) is 7.59. The highest BCUT2D eigenvalue weighted by atomic mass is 35.5. The van der Waals surface area contributed by atoms with Crippen molar-refractivity contribution in [3.05, 3.63) is 29.8 Å². The predicted octanol–water partition coefficient (Wildman–Crippen LogP) is 3.30. The lowest BCUT2D eigenvalue weighted by Crippen LogP contribution is -2.49. The largest absolute Gasteiger partial charge is 0.493 e. The van der Waals surface area contributed by atoms with Crippen LogP contribution in [0.2, 0.25) is 0 Å². The fourth-order valence-corrected chi connectivity index (χ4v) is 4.65. The van der Waals surface area contributed by atoms with Crippen molar-refractivity contribution in [2.24, 2.45) is 29.4 Å². The Balaban J connectivity index is 0.0000168. The smallest absolute Gasteiger partial charge is 0.255 e. The van der Waals surface area contributed by atoms with Crippen molar-refractivity contribution in [1.82, 2.24) is 16.0 Å². The maximum atomic E-state index is 13.1. The molecule has 242 valence electrons. The zero-order valence-electron chi connectivity index (χ0n) is 26.5. The van der Waals surface area contributed by atoms with E-state index in [2.05, 4.69) is 29.8 Å². The summed E-state index contributed by atoms with van der Waals surface area (Å²) < 4.78 is 10.9.